The molecule has 0 saturated heterocycles. The largest absolute Gasteiger partial charge is 0.492 e. The van der Waals surface area contributed by atoms with Crippen LogP contribution in [0.4, 0.5) is 0 Å². The van der Waals surface area contributed by atoms with Crippen molar-refractivity contribution in [2.24, 2.45) is 5.73 Å². The van der Waals surface area contributed by atoms with Crippen LogP contribution in [0.2, 0.25) is 0 Å². The maximum absolute atomic E-state index is 6.20. The van der Waals surface area contributed by atoms with E-state index in [-0.39, 0.29) is 6.04 Å². The molecule has 0 aliphatic heterocycles. The molecule has 1 unspecified atom stereocenters. The summed E-state index contributed by atoms with van der Waals surface area (Å²) in [6.07, 6.45) is 3.56. The number of nitrogens with two attached hydrogens (primary N) is 1. The van der Waals surface area contributed by atoms with Crippen LogP contribution in [-0.2, 0) is 0 Å². The Labute approximate surface area is 158 Å². The number of thiazole rings is 1. The number of aromatic nitrogens is 2. The lowest BCUT2D eigenvalue weighted by Crippen LogP contribution is -2.19. The highest BCUT2D eigenvalue weighted by Crippen LogP contribution is 2.37. The Balaban J connectivity index is 1.85. The molecule has 0 amide bonds. The predicted molar refractivity (Wildman–Crippen MR) is 107 cm³/mol. The topological polar surface area (TPSA) is 64.3 Å². The molecule has 0 aliphatic carbocycles. The van der Waals surface area contributed by atoms with Crippen molar-refractivity contribution in [3.63, 3.8) is 0 Å². The molecular weight excluding hydrogens is 344 g/mol. The van der Waals surface area contributed by atoms with E-state index in [4.69, 9.17) is 15.5 Å². The number of pyridine rings is 1. The summed E-state index contributed by atoms with van der Waals surface area (Å²) in [7, 11) is 4.06. The first-order valence-corrected chi connectivity index (χ1v) is 9.41. The molecule has 26 heavy (non-hydrogen) atoms. The molecule has 3 aromatic rings. The van der Waals surface area contributed by atoms with Crippen molar-refractivity contribution in [1.82, 2.24) is 14.9 Å². The third kappa shape index (κ3) is 4.46. The number of hydrogen-bond donors (Lipinski definition) is 1. The summed E-state index contributed by atoms with van der Waals surface area (Å²) in [5.41, 5.74) is 9.24. The molecule has 6 heteroatoms. The van der Waals surface area contributed by atoms with Gasteiger partial charge in [-0.3, -0.25) is 4.98 Å². The van der Waals surface area contributed by atoms with Crippen molar-refractivity contribution in [3.05, 3.63) is 53.7 Å². The molecular formula is C20H24N4OS. The Hall–Kier alpha value is -2.28. The highest BCUT2D eigenvalue weighted by Gasteiger charge is 2.17. The van der Waals surface area contributed by atoms with Crippen LogP contribution in [0.15, 0.2) is 48.8 Å². The zero-order valence-electron chi connectivity index (χ0n) is 15.3. The van der Waals surface area contributed by atoms with Crippen molar-refractivity contribution in [2.75, 3.05) is 27.2 Å². The van der Waals surface area contributed by atoms with Gasteiger partial charge in [-0.25, -0.2) is 4.98 Å². The Bertz CT molecular complexity index is 829. The summed E-state index contributed by atoms with van der Waals surface area (Å²) >= 11 is 1.64. The Kier molecular flexibility index (Phi) is 5.98. The van der Waals surface area contributed by atoms with E-state index in [9.17, 15) is 0 Å². The highest BCUT2D eigenvalue weighted by molar-refractivity contribution is 7.15. The maximum atomic E-state index is 6.20. The van der Waals surface area contributed by atoms with E-state index in [1.165, 1.54) is 0 Å². The Morgan fingerprint density at radius 1 is 1.08 bits per heavy atom. The average Bonchev–Trinajstić information content (AvgIpc) is 3.08. The van der Waals surface area contributed by atoms with E-state index >= 15 is 0 Å². The number of ether oxygens (including phenoxy) is 1. The quantitative estimate of drug-likeness (QED) is 0.686. The standard InChI is InChI=1S/C20H24N4OS/c1-14(21)19-18(23-20(26-19)16-8-10-22-11-9-16)15-4-6-17(7-5-15)25-13-12-24(2)3/h4-11,14H,12-13,21H2,1-3H3. The fourth-order valence-corrected chi connectivity index (χ4v) is 3.57. The zero-order valence-corrected chi connectivity index (χ0v) is 16.2. The first kappa shape index (κ1) is 18.5. The second-order valence-corrected chi connectivity index (χ2v) is 7.46. The van der Waals surface area contributed by atoms with Gasteiger partial charge in [0.25, 0.3) is 0 Å². The van der Waals surface area contributed by atoms with E-state index in [1.54, 1.807) is 23.7 Å². The highest BCUT2D eigenvalue weighted by atomic mass is 32.1. The molecule has 1 aromatic carbocycles. The van der Waals surface area contributed by atoms with Crippen molar-refractivity contribution in [1.29, 1.82) is 0 Å². The van der Waals surface area contributed by atoms with Crippen LogP contribution in [0.25, 0.3) is 21.8 Å². The van der Waals surface area contributed by atoms with E-state index in [0.717, 1.165) is 39.0 Å². The summed E-state index contributed by atoms with van der Waals surface area (Å²) < 4.78 is 5.77. The Morgan fingerprint density at radius 3 is 2.38 bits per heavy atom. The molecule has 2 N–H and O–H groups in total. The number of likely N-dealkylation sites (N-methyl/N-ethyl adjacent to an activating group) is 1. The van der Waals surface area contributed by atoms with E-state index < -0.39 is 0 Å². The van der Waals surface area contributed by atoms with Gasteiger partial charge >= 0.3 is 0 Å². The van der Waals surface area contributed by atoms with Gasteiger partial charge in [0.1, 0.15) is 17.4 Å². The maximum Gasteiger partial charge on any atom is 0.124 e. The van der Waals surface area contributed by atoms with Crippen LogP contribution in [-0.4, -0.2) is 42.1 Å². The first-order valence-electron chi connectivity index (χ1n) is 8.59. The molecule has 1 atom stereocenters. The molecule has 5 nitrogen and oxygen atoms in total. The lowest BCUT2D eigenvalue weighted by atomic mass is 10.1. The van der Waals surface area contributed by atoms with Crippen LogP contribution in [0.1, 0.15) is 17.8 Å². The van der Waals surface area contributed by atoms with Gasteiger partial charge < -0.3 is 15.4 Å². The summed E-state index contributed by atoms with van der Waals surface area (Å²) in [6.45, 7) is 3.55. The van der Waals surface area contributed by atoms with Crippen LogP contribution >= 0.6 is 11.3 Å². The summed E-state index contributed by atoms with van der Waals surface area (Å²) in [5, 5.41) is 0.959. The van der Waals surface area contributed by atoms with Crippen molar-refractivity contribution in [2.45, 2.75) is 13.0 Å². The summed E-state index contributed by atoms with van der Waals surface area (Å²) in [4.78, 5) is 12.1. The van der Waals surface area contributed by atoms with Crippen LogP contribution in [0.5, 0.6) is 5.75 Å². The lowest BCUT2D eigenvalue weighted by Gasteiger charge is -2.11. The van der Waals surface area contributed by atoms with Gasteiger partial charge in [0, 0.05) is 41.0 Å². The van der Waals surface area contributed by atoms with Crippen LogP contribution in [0, 0.1) is 0 Å². The smallest absolute Gasteiger partial charge is 0.124 e. The predicted octanol–water partition coefficient (Wildman–Crippen LogP) is 3.83. The summed E-state index contributed by atoms with van der Waals surface area (Å²) in [5.74, 6) is 0.863. The van der Waals surface area contributed by atoms with Gasteiger partial charge in [0.2, 0.25) is 0 Å². The normalized spacial score (nSPS) is 12.3. The van der Waals surface area contributed by atoms with Crippen LogP contribution < -0.4 is 10.5 Å². The fourth-order valence-electron chi connectivity index (χ4n) is 2.52. The minimum atomic E-state index is -0.0749. The number of benzene rings is 1. The van der Waals surface area contributed by atoms with E-state index in [0.29, 0.717) is 6.61 Å². The van der Waals surface area contributed by atoms with Crippen molar-refractivity contribution >= 4 is 11.3 Å². The molecule has 2 heterocycles. The molecule has 0 fully saturated rings. The van der Waals surface area contributed by atoms with Crippen molar-refractivity contribution < 1.29 is 4.74 Å². The molecule has 2 aromatic heterocycles. The third-order valence-corrected chi connectivity index (χ3v) is 5.23. The third-order valence-electron chi connectivity index (χ3n) is 3.93. The van der Waals surface area contributed by atoms with Crippen molar-refractivity contribution in [3.8, 4) is 27.6 Å². The van der Waals surface area contributed by atoms with Crippen LogP contribution in [0.3, 0.4) is 0 Å². The molecule has 0 saturated carbocycles. The first-order chi connectivity index (χ1) is 12.5. The van der Waals surface area contributed by atoms with E-state index in [1.807, 2.05) is 57.4 Å². The molecule has 136 valence electrons. The minimum Gasteiger partial charge on any atom is -0.492 e. The number of hydrogen-bond acceptors (Lipinski definition) is 6. The average molecular weight is 369 g/mol. The second-order valence-electron chi connectivity index (χ2n) is 6.43. The zero-order chi connectivity index (χ0) is 18.5. The lowest BCUT2D eigenvalue weighted by molar-refractivity contribution is 0.261. The number of rotatable bonds is 7. The fraction of sp³-hybridized carbons (Fsp3) is 0.300. The Morgan fingerprint density at radius 2 is 1.77 bits per heavy atom. The molecule has 0 spiro atoms. The molecule has 3 rings (SSSR count). The van der Waals surface area contributed by atoms with Gasteiger partial charge in [-0.2, -0.15) is 0 Å². The SMILES string of the molecule is CC(N)c1sc(-c2ccncc2)nc1-c1ccc(OCCN(C)C)cc1. The van der Waals surface area contributed by atoms with Gasteiger partial charge in [-0.1, -0.05) is 0 Å². The van der Waals surface area contributed by atoms with Gasteiger partial charge in [0.05, 0.1) is 5.69 Å². The van der Waals surface area contributed by atoms with Gasteiger partial charge in [-0.15, -0.1) is 11.3 Å². The van der Waals surface area contributed by atoms with Gasteiger partial charge in [-0.05, 0) is 57.4 Å². The van der Waals surface area contributed by atoms with Gasteiger partial charge in [0.15, 0.2) is 0 Å². The molecule has 0 aliphatic rings. The molecule has 0 radical (unpaired) electrons. The molecule has 0 bridgehead atoms. The monoisotopic (exact) mass is 368 g/mol. The number of nitrogens with zero attached hydrogens (tertiary/aromatic N) is 3. The second kappa shape index (κ2) is 8.40. The minimum absolute atomic E-state index is 0.0749. The summed E-state index contributed by atoms with van der Waals surface area (Å²) in [6, 6.07) is 11.9. The van der Waals surface area contributed by atoms with E-state index in [2.05, 4.69) is 9.88 Å².